The van der Waals surface area contributed by atoms with Gasteiger partial charge in [-0.05, 0) is 114 Å². The van der Waals surface area contributed by atoms with E-state index in [0.29, 0.717) is 5.56 Å². The lowest BCUT2D eigenvalue weighted by Crippen LogP contribution is -1.85. The molecule has 0 saturated heterocycles. The molecule has 0 amide bonds. The summed E-state index contributed by atoms with van der Waals surface area (Å²) in [6, 6.07) is 13.7. The lowest BCUT2D eigenvalue weighted by molar-refractivity contribution is 0.617. The fraction of sp³-hybridized carbons (Fsp3) is 0.308. The van der Waals surface area contributed by atoms with Crippen LogP contribution < -0.4 is 0 Å². The molecule has 5 aromatic rings. The number of pyridine rings is 1. The largest absolute Gasteiger partial charge is 0.264 e. The number of thiazole rings is 2. The van der Waals surface area contributed by atoms with E-state index in [-0.39, 0.29) is 5.82 Å². The molecule has 5 rings (SSSR count). The van der Waals surface area contributed by atoms with Crippen LogP contribution in [0.2, 0.25) is 0 Å². The molecule has 10 heteroatoms. The Morgan fingerprint density at radius 2 is 1.45 bits per heavy atom. The molecule has 332 valence electrons. The average molecular weight is 893 g/mol. The van der Waals surface area contributed by atoms with Crippen LogP contribution >= 0.6 is 34.4 Å². The van der Waals surface area contributed by atoms with Crippen LogP contribution in [0.3, 0.4) is 0 Å². The van der Waals surface area contributed by atoms with E-state index in [0.717, 1.165) is 61.7 Å². The summed E-state index contributed by atoms with van der Waals surface area (Å²) in [4.78, 5) is 27.4. The second-order valence-corrected chi connectivity index (χ2v) is 17.4. The molecule has 0 spiro atoms. The Balaban J connectivity index is 0.000000740. The van der Waals surface area contributed by atoms with Gasteiger partial charge < -0.3 is 0 Å². The Bertz CT molecular complexity index is 2190. The number of hydrogen-bond acceptors (Lipinski definition) is 9. The lowest BCUT2D eigenvalue weighted by Gasteiger charge is -2.05. The number of aromatic nitrogens is 3. The molecule has 3 heterocycles. The number of nitrogens with zero attached hydrogens (tertiary/aromatic N) is 6. The summed E-state index contributed by atoms with van der Waals surface area (Å²) in [7, 11) is 0. The quantitative estimate of drug-likeness (QED) is 0.117. The smallest absolute Gasteiger partial charge is 0.141 e. The van der Waals surface area contributed by atoms with Crippen molar-refractivity contribution < 1.29 is 4.39 Å². The maximum Gasteiger partial charge on any atom is 0.141 e. The zero-order valence-electron chi connectivity index (χ0n) is 39.3. The van der Waals surface area contributed by atoms with Gasteiger partial charge in [0, 0.05) is 70.2 Å². The Morgan fingerprint density at radius 3 is 1.95 bits per heavy atom. The minimum atomic E-state index is -0.159. The molecule has 6 nitrogen and oxygen atoms in total. The molecule has 0 aliphatic rings. The van der Waals surface area contributed by atoms with Crippen LogP contribution in [-0.2, 0) is 0 Å². The second kappa shape index (κ2) is 34.4. The normalized spacial score (nSPS) is 10.5. The van der Waals surface area contributed by atoms with Crippen molar-refractivity contribution in [2.24, 2.45) is 15.0 Å². The standard InChI is InChI=1S/C11H14FN.C11H14.C10H12N2S.C9H8N2S.C8H13NS.C3H8/c1-4-5-13-11-7-8(2)10(12)6-9(11)3;1-8(2)11-7-9(3)5-6-10(11)4;1-4-6-11-9(5-2)10-12-7-8(3)13-10;1-7-5-11-9(12-7)8-3-2-4-10-6-8;1-4-6-9-8(3)7-10-5-2;1-3-2/h5-7H,4H2,1-3H3;5-7H,1H2,2-4H3;4-7H,1H2,2-3H3;2-6H,1H3;4,6H,1,3,5,7H2,2H3;3H2,1-2H3/b;;9-5-,11-6?;;;. The number of allylic oxidation sites excluding steroid dienone is 4. The highest BCUT2D eigenvalue weighted by molar-refractivity contribution is 7.99. The minimum absolute atomic E-state index is 0.159. The summed E-state index contributed by atoms with van der Waals surface area (Å²) >= 11 is 5.15. The zero-order valence-corrected chi connectivity index (χ0v) is 41.7. The van der Waals surface area contributed by atoms with Gasteiger partial charge in [-0.25, -0.2) is 14.4 Å². The van der Waals surface area contributed by atoms with Crippen LogP contribution in [0.4, 0.5) is 10.1 Å². The molecule has 0 aliphatic carbocycles. The van der Waals surface area contributed by atoms with Crippen LogP contribution in [0, 0.1) is 47.4 Å². The molecule has 0 aliphatic heterocycles. The molecular formula is C52H69FN6S3. The predicted octanol–water partition coefficient (Wildman–Crippen LogP) is 16.4. The summed E-state index contributed by atoms with van der Waals surface area (Å²) in [5.41, 5.74) is 10.3. The maximum absolute atomic E-state index is 13.0. The molecule has 0 N–H and O–H groups in total. The fourth-order valence-corrected chi connectivity index (χ4v) is 6.60. The molecule has 0 atom stereocenters. The average Bonchev–Trinajstić information content (AvgIpc) is 3.90. The molecule has 3 aromatic heterocycles. The van der Waals surface area contributed by atoms with E-state index < -0.39 is 0 Å². The van der Waals surface area contributed by atoms with Gasteiger partial charge in [0.1, 0.15) is 15.8 Å². The third-order valence-corrected chi connectivity index (χ3v) is 10.4. The summed E-state index contributed by atoms with van der Waals surface area (Å²) in [6.07, 6.45) is 19.9. The van der Waals surface area contributed by atoms with Gasteiger partial charge >= 0.3 is 0 Å². The third-order valence-electron chi connectivity index (χ3n) is 7.54. The topological polar surface area (TPSA) is 75.8 Å². The highest BCUT2D eigenvalue weighted by Gasteiger charge is 2.03. The number of halogens is 1. The van der Waals surface area contributed by atoms with Crippen molar-refractivity contribution in [2.75, 3.05) is 11.5 Å². The first kappa shape index (κ1) is 56.8. The van der Waals surface area contributed by atoms with Crippen molar-refractivity contribution >= 4 is 70.0 Å². The second-order valence-electron chi connectivity index (χ2n) is 13.6. The summed E-state index contributed by atoms with van der Waals surface area (Å²) in [5.74, 6) is 1.87. The number of aliphatic imine (C=N–C) groups is 3. The molecule has 0 fully saturated rings. The first-order valence-electron chi connectivity index (χ1n) is 20.6. The maximum atomic E-state index is 13.0. The lowest BCUT2D eigenvalue weighted by atomic mass is 10.0. The van der Waals surface area contributed by atoms with Crippen molar-refractivity contribution in [3.05, 3.63) is 166 Å². The van der Waals surface area contributed by atoms with Crippen LogP contribution in [0.15, 0.2) is 132 Å². The Hall–Kier alpha value is -5.16. The molecule has 0 radical (unpaired) electrons. The molecule has 0 bridgehead atoms. The SMILES string of the molecule is C=C(C)c1cc(C)ccc1C.C=CC=N/C(=C\C)c1ncc(C)s1.C=CC=NC(=C)CSCC.CCC.CCC=Nc1cc(C)c(F)cc1C.Cc1cnc(-c2cccnc2)s1. The fourth-order valence-electron chi connectivity index (χ4n) is 4.54. The monoisotopic (exact) mass is 892 g/mol. The first-order chi connectivity index (χ1) is 29.6. The summed E-state index contributed by atoms with van der Waals surface area (Å²) in [5, 5.41) is 2.00. The van der Waals surface area contributed by atoms with E-state index in [2.05, 4.69) is 116 Å². The number of thioether (sulfide) groups is 1. The Morgan fingerprint density at radius 1 is 0.806 bits per heavy atom. The zero-order chi connectivity index (χ0) is 46.9. The van der Waals surface area contributed by atoms with Gasteiger partial charge in [-0.15, -0.1) is 22.7 Å². The predicted molar refractivity (Wildman–Crippen MR) is 281 cm³/mol. The molecular weight excluding hydrogens is 824 g/mol. The van der Waals surface area contributed by atoms with Crippen LogP contribution in [-0.4, -0.2) is 45.1 Å². The van der Waals surface area contributed by atoms with E-state index in [1.807, 2.05) is 89.4 Å². The van der Waals surface area contributed by atoms with Crippen LogP contribution in [0.5, 0.6) is 0 Å². The van der Waals surface area contributed by atoms with Gasteiger partial charge in [0.15, 0.2) is 0 Å². The van der Waals surface area contributed by atoms with Crippen molar-refractivity contribution in [2.45, 2.75) is 95.9 Å². The Labute approximate surface area is 386 Å². The number of benzene rings is 2. The van der Waals surface area contributed by atoms with Crippen LogP contribution in [0.1, 0.15) is 97.0 Å². The van der Waals surface area contributed by atoms with Crippen molar-refractivity contribution in [3.63, 3.8) is 0 Å². The number of hydrogen-bond donors (Lipinski definition) is 0. The first-order valence-corrected chi connectivity index (χ1v) is 23.4. The van der Waals surface area contributed by atoms with E-state index in [4.69, 9.17) is 0 Å². The van der Waals surface area contributed by atoms with Gasteiger partial charge in [0.2, 0.25) is 0 Å². The van der Waals surface area contributed by atoms with Gasteiger partial charge in [0.25, 0.3) is 0 Å². The molecule has 0 saturated carbocycles. The van der Waals surface area contributed by atoms with Gasteiger partial charge in [0.05, 0.1) is 11.4 Å². The summed E-state index contributed by atoms with van der Waals surface area (Å²) < 4.78 is 13.0. The third kappa shape index (κ3) is 24.9. The van der Waals surface area contributed by atoms with E-state index >= 15 is 0 Å². The van der Waals surface area contributed by atoms with Crippen LogP contribution in [0.25, 0.3) is 21.8 Å². The number of rotatable bonds is 12. The number of aryl methyl sites for hydroxylation is 6. The highest BCUT2D eigenvalue weighted by Crippen LogP contribution is 2.24. The van der Waals surface area contributed by atoms with E-state index in [9.17, 15) is 4.39 Å². The van der Waals surface area contributed by atoms with Gasteiger partial charge in [-0.2, -0.15) is 11.8 Å². The van der Waals surface area contributed by atoms with Gasteiger partial charge in [-0.3, -0.25) is 20.0 Å². The van der Waals surface area contributed by atoms with Crippen molar-refractivity contribution in [1.29, 1.82) is 0 Å². The van der Waals surface area contributed by atoms with Gasteiger partial charge in [-0.1, -0.05) is 108 Å². The molecule has 62 heavy (non-hydrogen) atoms. The minimum Gasteiger partial charge on any atom is -0.264 e. The Kier molecular flexibility index (Phi) is 31.6. The van der Waals surface area contributed by atoms with E-state index in [1.165, 1.54) is 38.9 Å². The molecule has 2 aromatic carbocycles. The molecule has 0 unspecified atom stereocenters. The summed E-state index contributed by atoms with van der Waals surface area (Å²) in [6.45, 7) is 39.1. The van der Waals surface area contributed by atoms with Crippen molar-refractivity contribution in [1.82, 2.24) is 15.0 Å². The van der Waals surface area contributed by atoms with Crippen molar-refractivity contribution in [3.8, 4) is 10.6 Å². The highest BCUT2D eigenvalue weighted by atomic mass is 32.2. The van der Waals surface area contributed by atoms with E-state index in [1.54, 1.807) is 66.4 Å².